The third kappa shape index (κ3) is 4.69. The van der Waals surface area contributed by atoms with Crippen molar-refractivity contribution in [2.75, 3.05) is 24.3 Å². The van der Waals surface area contributed by atoms with Gasteiger partial charge in [-0.05, 0) is 35.7 Å². The molecule has 0 aliphatic carbocycles. The van der Waals surface area contributed by atoms with Crippen LogP contribution in [0.3, 0.4) is 0 Å². The summed E-state index contributed by atoms with van der Waals surface area (Å²) in [5, 5.41) is 7.27. The predicted octanol–water partition coefficient (Wildman–Crippen LogP) is 2.96. The van der Waals surface area contributed by atoms with E-state index in [9.17, 15) is 4.79 Å². The molecule has 6 heteroatoms. The van der Waals surface area contributed by atoms with Crippen molar-refractivity contribution in [3.05, 3.63) is 72.2 Å². The normalized spacial score (nSPS) is 10.5. The Bertz CT molecular complexity index is 840. The van der Waals surface area contributed by atoms with Crippen molar-refractivity contribution in [3.8, 4) is 0 Å². The summed E-state index contributed by atoms with van der Waals surface area (Å²) < 4.78 is 1.80. The molecule has 3 rings (SSSR count). The summed E-state index contributed by atoms with van der Waals surface area (Å²) in [5.41, 5.74) is 3.33. The number of amides is 1. The lowest BCUT2D eigenvalue weighted by Gasteiger charge is -2.13. The number of pyridine rings is 1. The monoisotopic (exact) mass is 349 g/mol. The topological polar surface area (TPSA) is 63.1 Å². The van der Waals surface area contributed by atoms with Crippen LogP contribution >= 0.6 is 0 Å². The Morgan fingerprint density at radius 1 is 1.08 bits per heavy atom. The van der Waals surface area contributed by atoms with E-state index >= 15 is 0 Å². The fourth-order valence-electron chi connectivity index (χ4n) is 2.65. The number of nitrogens with one attached hydrogen (secondary N) is 1. The first kappa shape index (κ1) is 17.7. The van der Waals surface area contributed by atoms with E-state index < -0.39 is 0 Å². The molecule has 0 aliphatic rings. The van der Waals surface area contributed by atoms with Crippen LogP contribution < -0.4 is 10.2 Å². The highest BCUT2D eigenvalue weighted by atomic mass is 16.1. The fourth-order valence-corrected chi connectivity index (χ4v) is 2.65. The van der Waals surface area contributed by atoms with Crippen LogP contribution in [0.5, 0.6) is 0 Å². The Labute approximate surface area is 153 Å². The van der Waals surface area contributed by atoms with Crippen LogP contribution in [0.1, 0.15) is 17.5 Å². The molecule has 0 atom stereocenters. The smallest absolute Gasteiger partial charge is 0.225 e. The average Bonchev–Trinajstić information content (AvgIpc) is 3.08. The van der Waals surface area contributed by atoms with E-state index in [4.69, 9.17) is 0 Å². The maximum absolute atomic E-state index is 12.2. The van der Waals surface area contributed by atoms with Gasteiger partial charge in [0, 0.05) is 44.7 Å². The molecule has 3 aromatic rings. The van der Waals surface area contributed by atoms with Crippen molar-refractivity contribution in [3.63, 3.8) is 0 Å². The highest BCUT2D eigenvalue weighted by molar-refractivity contribution is 5.89. The maximum atomic E-state index is 12.2. The van der Waals surface area contributed by atoms with Crippen LogP contribution in [0, 0.1) is 0 Å². The van der Waals surface area contributed by atoms with Gasteiger partial charge in [0.25, 0.3) is 0 Å². The number of hydrogen-bond acceptors (Lipinski definition) is 4. The van der Waals surface area contributed by atoms with Crippen molar-refractivity contribution in [1.82, 2.24) is 14.8 Å². The number of hydrogen-bond donors (Lipinski definition) is 1. The Morgan fingerprint density at radius 2 is 1.88 bits per heavy atom. The molecule has 0 unspecified atom stereocenters. The summed E-state index contributed by atoms with van der Waals surface area (Å²) in [7, 11) is 4.03. The van der Waals surface area contributed by atoms with Gasteiger partial charge in [0.1, 0.15) is 5.82 Å². The molecule has 1 aromatic carbocycles. The Balaban J connectivity index is 1.58. The van der Waals surface area contributed by atoms with Crippen LogP contribution in [0.2, 0.25) is 0 Å². The van der Waals surface area contributed by atoms with Crippen LogP contribution in [0.25, 0.3) is 0 Å². The molecule has 134 valence electrons. The third-order valence-electron chi connectivity index (χ3n) is 4.13. The fraction of sp³-hybridized carbons (Fsp3) is 0.250. The standard InChI is InChI=1S/C20H23N5O/c1-24(2)18-8-5-17(6-9-18)15-25-19(11-13-22-25)23-20(26)10-7-16-4-3-12-21-14-16/h3-6,8-9,11-14H,7,10,15H2,1-2H3,(H,23,26). The van der Waals surface area contributed by atoms with Gasteiger partial charge in [-0.1, -0.05) is 18.2 Å². The largest absolute Gasteiger partial charge is 0.378 e. The molecule has 1 N–H and O–H groups in total. The molecule has 0 aliphatic heterocycles. The molecule has 6 nitrogen and oxygen atoms in total. The second kappa shape index (κ2) is 8.29. The van der Waals surface area contributed by atoms with Crippen LogP contribution in [-0.4, -0.2) is 34.8 Å². The van der Waals surface area contributed by atoms with Crippen molar-refractivity contribution >= 4 is 17.4 Å². The van der Waals surface area contributed by atoms with Crippen LogP contribution in [0.4, 0.5) is 11.5 Å². The van der Waals surface area contributed by atoms with E-state index in [-0.39, 0.29) is 5.91 Å². The van der Waals surface area contributed by atoms with Gasteiger partial charge in [-0.15, -0.1) is 0 Å². The van der Waals surface area contributed by atoms with E-state index in [1.165, 1.54) is 0 Å². The van der Waals surface area contributed by atoms with Gasteiger partial charge >= 0.3 is 0 Å². The van der Waals surface area contributed by atoms with Gasteiger partial charge in [-0.2, -0.15) is 5.10 Å². The number of nitrogens with zero attached hydrogens (tertiary/aromatic N) is 4. The van der Waals surface area contributed by atoms with Gasteiger partial charge in [-0.25, -0.2) is 4.68 Å². The summed E-state index contributed by atoms with van der Waals surface area (Å²) in [6.45, 7) is 0.610. The van der Waals surface area contributed by atoms with E-state index in [2.05, 4.69) is 44.6 Å². The second-order valence-electron chi connectivity index (χ2n) is 6.34. The lowest BCUT2D eigenvalue weighted by Crippen LogP contribution is -2.16. The van der Waals surface area contributed by atoms with Gasteiger partial charge in [0.2, 0.25) is 5.91 Å². The summed E-state index contributed by atoms with van der Waals surface area (Å²) in [4.78, 5) is 18.4. The van der Waals surface area contributed by atoms with E-state index in [1.54, 1.807) is 23.3 Å². The molecule has 26 heavy (non-hydrogen) atoms. The molecular weight excluding hydrogens is 326 g/mol. The molecule has 0 saturated carbocycles. The van der Waals surface area contributed by atoms with Gasteiger partial charge < -0.3 is 10.2 Å². The molecule has 0 bridgehead atoms. The number of aryl methyl sites for hydroxylation is 1. The SMILES string of the molecule is CN(C)c1ccc(Cn2nccc2NC(=O)CCc2cccnc2)cc1. The van der Waals surface area contributed by atoms with E-state index in [1.807, 2.05) is 32.3 Å². The van der Waals surface area contributed by atoms with E-state index in [0.29, 0.717) is 25.2 Å². The van der Waals surface area contributed by atoms with Gasteiger partial charge in [0.15, 0.2) is 0 Å². The number of benzene rings is 1. The Hall–Kier alpha value is -3.15. The molecule has 0 radical (unpaired) electrons. The summed E-state index contributed by atoms with van der Waals surface area (Å²) >= 11 is 0. The summed E-state index contributed by atoms with van der Waals surface area (Å²) in [6, 6.07) is 14.0. The first-order valence-corrected chi connectivity index (χ1v) is 8.58. The zero-order chi connectivity index (χ0) is 18.4. The molecule has 0 saturated heterocycles. The molecule has 0 fully saturated rings. The lowest BCUT2D eigenvalue weighted by molar-refractivity contribution is -0.116. The molecule has 0 spiro atoms. The predicted molar refractivity (Wildman–Crippen MR) is 103 cm³/mol. The first-order valence-electron chi connectivity index (χ1n) is 8.58. The highest BCUT2D eigenvalue weighted by Gasteiger charge is 2.08. The van der Waals surface area contributed by atoms with Crippen LogP contribution in [0.15, 0.2) is 61.1 Å². The zero-order valence-corrected chi connectivity index (χ0v) is 15.1. The molecule has 2 heterocycles. The van der Waals surface area contributed by atoms with Crippen LogP contribution in [-0.2, 0) is 17.8 Å². The summed E-state index contributed by atoms with van der Waals surface area (Å²) in [6.07, 6.45) is 6.29. The number of carbonyl (C=O) groups excluding carboxylic acids is 1. The number of carbonyl (C=O) groups is 1. The minimum absolute atomic E-state index is 0.0291. The van der Waals surface area contributed by atoms with Crippen molar-refractivity contribution < 1.29 is 4.79 Å². The highest BCUT2D eigenvalue weighted by Crippen LogP contribution is 2.15. The third-order valence-corrected chi connectivity index (χ3v) is 4.13. The number of aromatic nitrogens is 3. The first-order chi connectivity index (χ1) is 12.6. The molecule has 2 aromatic heterocycles. The second-order valence-corrected chi connectivity index (χ2v) is 6.34. The van der Waals surface area contributed by atoms with Crippen molar-refractivity contribution in [1.29, 1.82) is 0 Å². The Morgan fingerprint density at radius 3 is 2.58 bits per heavy atom. The van der Waals surface area contributed by atoms with Crippen molar-refractivity contribution in [2.45, 2.75) is 19.4 Å². The minimum Gasteiger partial charge on any atom is -0.378 e. The van der Waals surface area contributed by atoms with Gasteiger partial charge in [0.05, 0.1) is 12.7 Å². The number of rotatable bonds is 7. The molecular formula is C20H23N5O. The minimum atomic E-state index is -0.0291. The molecule has 1 amide bonds. The summed E-state index contributed by atoms with van der Waals surface area (Å²) in [5.74, 6) is 0.677. The zero-order valence-electron chi connectivity index (χ0n) is 15.1. The number of anilines is 2. The lowest BCUT2D eigenvalue weighted by atomic mass is 10.1. The quantitative estimate of drug-likeness (QED) is 0.712. The average molecular weight is 349 g/mol. The van der Waals surface area contributed by atoms with Gasteiger partial charge in [-0.3, -0.25) is 9.78 Å². The maximum Gasteiger partial charge on any atom is 0.225 e. The Kier molecular flexibility index (Phi) is 5.63. The van der Waals surface area contributed by atoms with E-state index in [0.717, 1.165) is 16.8 Å². The van der Waals surface area contributed by atoms with Crippen molar-refractivity contribution in [2.24, 2.45) is 0 Å².